The van der Waals surface area contributed by atoms with Crippen LogP contribution in [-0.4, -0.2) is 35.0 Å². The summed E-state index contributed by atoms with van der Waals surface area (Å²) in [4.78, 5) is 37.3. The van der Waals surface area contributed by atoms with Crippen LogP contribution >= 0.6 is 11.6 Å². The average Bonchev–Trinajstić information content (AvgIpc) is 2.90. The van der Waals surface area contributed by atoms with Crippen molar-refractivity contribution in [1.29, 1.82) is 0 Å². The molecule has 1 aliphatic rings. The van der Waals surface area contributed by atoms with Crippen LogP contribution in [0.1, 0.15) is 26.7 Å². The van der Waals surface area contributed by atoms with E-state index in [0.717, 1.165) is 0 Å². The number of rotatable bonds is 5. The van der Waals surface area contributed by atoms with Gasteiger partial charge in [0.1, 0.15) is 5.54 Å². The summed E-state index contributed by atoms with van der Waals surface area (Å²) in [6.07, 6.45) is 0.323. The van der Waals surface area contributed by atoms with Gasteiger partial charge in [-0.25, -0.2) is 4.79 Å². The van der Waals surface area contributed by atoms with E-state index in [1.54, 1.807) is 31.2 Å². The van der Waals surface area contributed by atoms with Crippen molar-refractivity contribution in [3.63, 3.8) is 0 Å². The fourth-order valence-electron chi connectivity index (χ4n) is 2.42. The summed E-state index contributed by atoms with van der Waals surface area (Å²) >= 11 is 5.83. The van der Waals surface area contributed by atoms with Crippen molar-refractivity contribution in [3.8, 4) is 0 Å². The lowest BCUT2D eigenvalue weighted by molar-refractivity contribution is -0.147. The molecular weight excluding hydrogens is 320 g/mol. The fraction of sp³-hybridized carbons (Fsp3) is 0.438. The molecule has 1 aromatic rings. The first-order valence-electron chi connectivity index (χ1n) is 7.38. The lowest BCUT2D eigenvalue weighted by atomic mass is 9.97. The van der Waals surface area contributed by atoms with E-state index in [4.69, 9.17) is 11.6 Å². The number of aliphatic carboxylic acids is 1. The predicted molar refractivity (Wildman–Crippen MR) is 86.4 cm³/mol. The van der Waals surface area contributed by atoms with E-state index < -0.39 is 23.3 Å². The Balaban J connectivity index is 2.08. The number of carboxylic acid groups (broad SMARTS) is 1. The molecule has 0 radical (unpaired) electrons. The third kappa shape index (κ3) is 3.64. The number of nitrogens with zero attached hydrogens (tertiary/aromatic N) is 1. The minimum absolute atomic E-state index is 0.0634. The van der Waals surface area contributed by atoms with Gasteiger partial charge in [0.15, 0.2) is 0 Å². The van der Waals surface area contributed by atoms with Gasteiger partial charge in [0.05, 0.1) is 5.92 Å². The second-order valence-corrected chi connectivity index (χ2v) is 6.30. The van der Waals surface area contributed by atoms with Crippen LogP contribution in [0.5, 0.6) is 0 Å². The molecule has 2 atom stereocenters. The lowest BCUT2D eigenvalue weighted by Gasteiger charge is -2.26. The van der Waals surface area contributed by atoms with Gasteiger partial charge in [-0.2, -0.15) is 0 Å². The zero-order valence-electron chi connectivity index (χ0n) is 13.0. The van der Waals surface area contributed by atoms with Gasteiger partial charge in [-0.3, -0.25) is 9.59 Å². The summed E-state index contributed by atoms with van der Waals surface area (Å²) < 4.78 is 0. The molecule has 1 fully saturated rings. The van der Waals surface area contributed by atoms with E-state index in [9.17, 15) is 19.5 Å². The molecule has 2 amide bonds. The highest BCUT2D eigenvalue weighted by Crippen LogP contribution is 2.27. The van der Waals surface area contributed by atoms with Gasteiger partial charge in [0, 0.05) is 23.7 Å². The third-order valence-electron chi connectivity index (χ3n) is 4.21. The highest BCUT2D eigenvalue weighted by molar-refractivity contribution is 6.30. The normalized spacial score (nSPS) is 20.2. The van der Waals surface area contributed by atoms with Gasteiger partial charge >= 0.3 is 5.97 Å². The van der Waals surface area contributed by atoms with E-state index >= 15 is 0 Å². The topological polar surface area (TPSA) is 86.7 Å². The Labute approximate surface area is 139 Å². The standard InChI is InChI=1S/C16H19ClN2O4/c1-3-16(2,15(22)23)18-14(21)10-8-13(20)19(9-10)12-6-4-11(17)5-7-12/h4-7,10H,3,8-9H2,1-2H3,(H,18,21)(H,22,23). The molecule has 2 unspecified atom stereocenters. The summed E-state index contributed by atoms with van der Waals surface area (Å²) in [5.41, 5.74) is -0.653. The van der Waals surface area contributed by atoms with Crippen LogP contribution in [0.15, 0.2) is 24.3 Å². The first-order chi connectivity index (χ1) is 10.8. The monoisotopic (exact) mass is 338 g/mol. The molecule has 2 N–H and O–H groups in total. The van der Waals surface area contributed by atoms with Crippen molar-refractivity contribution in [1.82, 2.24) is 5.32 Å². The fourth-order valence-corrected chi connectivity index (χ4v) is 2.55. The summed E-state index contributed by atoms with van der Waals surface area (Å²) in [6.45, 7) is 3.38. The van der Waals surface area contributed by atoms with Gasteiger partial charge in [-0.15, -0.1) is 0 Å². The molecular formula is C16H19ClN2O4. The van der Waals surface area contributed by atoms with E-state index in [1.165, 1.54) is 11.8 Å². The van der Waals surface area contributed by atoms with Crippen LogP contribution in [0.3, 0.4) is 0 Å². The number of halogens is 1. The highest BCUT2D eigenvalue weighted by Gasteiger charge is 2.39. The Kier molecular flexibility index (Phi) is 4.94. The number of carbonyl (C=O) groups is 3. The molecule has 7 heteroatoms. The molecule has 1 aliphatic heterocycles. The number of benzene rings is 1. The van der Waals surface area contributed by atoms with E-state index in [2.05, 4.69) is 5.32 Å². The second kappa shape index (κ2) is 6.58. The lowest BCUT2D eigenvalue weighted by Crippen LogP contribution is -2.53. The number of carboxylic acids is 1. The zero-order valence-corrected chi connectivity index (χ0v) is 13.8. The SMILES string of the molecule is CCC(C)(NC(=O)C1CC(=O)N(c2ccc(Cl)cc2)C1)C(=O)O. The number of nitrogens with one attached hydrogen (secondary N) is 1. The third-order valence-corrected chi connectivity index (χ3v) is 4.46. The van der Waals surface area contributed by atoms with Crippen LogP contribution in [0.25, 0.3) is 0 Å². The Morgan fingerprint density at radius 1 is 1.39 bits per heavy atom. The Bertz CT molecular complexity index is 631. The molecule has 1 aromatic carbocycles. The van der Waals surface area contributed by atoms with Crippen molar-refractivity contribution < 1.29 is 19.5 Å². The van der Waals surface area contributed by atoms with Crippen LogP contribution in [-0.2, 0) is 14.4 Å². The maximum atomic E-state index is 12.3. The Hall–Kier alpha value is -2.08. The summed E-state index contributed by atoms with van der Waals surface area (Å²) in [6, 6.07) is 6.79. The van der Waals surface area contributed by atoms with Crippen LogP contribution in [0.2, 0.25) is 5.02 Å². The molecule has 6 nitrogen and oxygen atoms in total. The van der Waals surface area contributed by atoms with E-state index in [1.807, 2.05) is 0 Å². The largest absolute Gasteiger partial charge is 0.480 e. The number of hydrogen-bond acceptors (Lipinski definition) is 3. The number of amides is 2. The van der Waals surface area contributed by atoms with Crippen molar-refractivity contribution >= 4 is 35.1 Å². The molecule has 124 valence electrons. The predicted octanol–water partition coefficient (Wildman–Crippen LogP) is 2.06. The van der Waals surface area contributed by atoms with Gasteiger partial charge in [0.25, 0.3) is 0 Å². The molecule has 23 heavy (non-hydrogen) atoms. The van der Waals surface area contributed by atoms with Crippen LogP contribution < -0.4 is 10.2 Å². The summed E-state index contributed by atoms with van der Waals surface area (Å²) in [7, 11) is 0. The quantitative estimate of drug-likeness (QED) is 0.860. The minimum atomic E-state index is -1.33. The second-order valence-electron chi connectivity index (χ2n) is 5.86. The van der Waals surface area contributed by atoms with Crippen molar-refractivity contribution in [2.24, 2.45) is 5.92 Å². The van der Waals surface area contributed by atoms with Crippen molar-refractivity contribution in [2.45, 2.75) is 32.2 Å². The van der Waals surface area contributed by atoms with Crippen LogP contribution in [0.4, 0.5) is 5.69 Å². The number of hydrogen-bond donors (Lipinski definition) is 2. The van der Waals surface area contributed by atoms with Gasteiger partial charge < -0.3 is 15.3 Å². The maximum absolute atomic E-state index is 12.3. The van der Waals surface area contributed by atoms with E-state index in [-0.39, 0.29) is 25.3 Å². The average molecular weight is 339 g/mol. The van der Waals surface area contributed by atoms with Gasteiger partial charge in [0.2, 0.25) is 11.8 Å². The highest BCUT2D eigenvalue weighted by atomic mass is 35.5. The summed E-state index contributed by atoms with van der Waals surface area (Å²) in [5.74, 6) is -2.24. The molecule has 0 aliphatic carbocycles. The first kappa shape index (κ1) is 17.3. The zero-order chi connectivity index (χ0) is 17.2. The first-order valence-corrected chi connectivity index (χ1v) is 7.76. The molecule has 0 aromatic heterocycles. The minimum Gasteiger partial charge on any atom is -0.480 e. The summed E-state index contributed by atoms with van der Waals surface area (Å²) in [5, 5.41) is 12.3. The van der Waals surface area contributed by atoms with Gasteiger partial charge in [-0.1, -0.05) is 18.5 Å². The Morgan fingerprint density at radius 3 is 2.52 bits per heavy atom. The smallest absolute Gasteiger partial charge is 0.329 e. The molecule has 2 rings (SSSR count). The number of anilines is 1. The molecule has 0 spiro atoms. The molecule has 0 saturated carbocycles. The molecule has 0 bridgehead atoms. The van der Waals surface area contributed by atoms with Crippen molar-refractivity contribution in [3.05, 3.63) is 29.3 Å². The molecule has 1 heterocycles. The molecule has 1 saturated heterocycles. The van der Waals surface area contributed by atoms with Crippen LogP contribution in [0, 0.1) is 5.92 Å². The number of carbonyl (C=O) groups excluding carboxylic acids is 2. The van der Waals surface area contributed by atoms with E-state index in [0.29, 0.717) is 10.7 Å². The van der Waals surface area contributed by atoms with Crippen molar-refractivity contribution in [2.75, 3.05) is 11.4 Å². The van der Waals surface area contributed by atoms with Gasteiger partial charge in [-0.05, 0) is 37.6 Å². The Morgan fingerprint density at radius 2 is 2.00 bits per heavy atom. The maximum Gasteiger partial charge on any atom is 0.329 e.